The number of benzene rings is 3. The fourth-order valence-corrected chi connectivity index (χ4v) is 5.10. The number of hydrogen-bond acceptors (Lipinski definition) is 3. The Bertz CT molecular complexity index is 1370. The third-order valence-corrected chi connectivity index (χ3v) is 6.68. The summed E-state index contributed by atoms with van der Waals surface area (Å²) in [5.41, 5.74) is 5.48. The van der Waals surface area contributed by atoms with Gasteiger partial charge in [-0.25, -0.2) is 0 Å². The van der Waals surface area contributed by atoms with E-state index in [4.69, 9.17) is 0 Å². The van der Waals surface area contributed by atoms with Gasteiger partial charge in [-0.1, -0.05) is 55.1 Å². The van der Waals surface area contributed by atoms with Crippen LogP contribution in [0.1, 0.15) is 49.0 Å². The molecule has 1 aliphatic heterocycles. The molecule has 0 saturated carbocycles. The summed E-state index contributed by atoms with van der Waals surface area (Å²) in [4.78, 5) is 26.1. The van der Waals surface area contributed by atoms with Crippen LogP contribution in [0.5, 0.6) is 0 Å². The van der Waals surface area contributed by atoms with E-state index in [1.165, 1.54) is 0 Å². The molecule has 5 heteroatoms. The Morgan fingerprint density at radius 2 is 1.90 bits per heavy atom. The average molecular weight is 425 g/mol. The molecule has 0 radical (unpaired) electrons. The van der Waals surface area contributed by atoms with Crippen LogP contribution in [0.4, 0.5) is 5.69 Å². The van der Waals surface area contributed by atoms with Crippen molar-refractivity contribution < 1.29 is 9.59 Å². The van der Waals surface area contributed by atoms with Crippen molar-refractivity contribution >= 4 is 45.0 Å². The van der Waals surface area contributed by atoms with Gasteiger partial charge in [0.05, 0.1) is 11.6 Å². The number of aryl methyl sites for hydroxylation is 1. The summed E-state index contributed by atoms with van der Waals surface area (Å²) < 4.78 is 1.06. The van der Waals surface area contributed by atoms with Crippen molar-refractivity contribution in [1.82, 2.24) is 5.32 Å². The van der Waals surface area contributed by atoms with Gasteiger partial charge in [-0.3, -0.25) is 9.59 Å². The van der Waals surface area contributed by atoms with E-state index in [1.807, 2.05) is 73.0 Å². The second kappa shape index (κ2) is 7.52. The second-order valence-electron chi connectivity index (χ2n) is 7.60. The molecule has 4 nitrogen and oxygen atoms in total. The van der Waals surface area contributed by atoms with E-state index in [0.717, 1.165) is 32.3 Å². The van der Waals surface area contributed by atoms with Gasteiger partial charge >= 0.3 is 0 Å². The standard InChI is InChI=1S/C26H20N2O2S/c1-3-16-12-19-23(24(28-25(19)29)17-9-5-4-8-15(17)2)21(13-16)27-26(30)20-14-31-22-11-7-6-10-18(20)22/h3-14,24H,1H2,2H3,(H,27,30)(H,28,29). The van der Waals surface area contributed by atoms with E-state index in [1.54, 1.807) is 17.4 Å². The highest BCUT2D eigenvalue weighted by atomic mass is 32.1. The summed E-state index contributed by atoms with van der Waals surface area (Å²) in [6.07, 6.45) is 1.68. The molecule has 0 spiro atoms. The van der Waals surface area contributed by atoms with Crippen molar-refractivity contribution in [2.45, 2.75) is 13.0 Å². The average Bonchev–Trinajstić information content (AvgIpc) is 3.35. The molecule has 1 aromatic heterocycles. The summed E-state index contributed by atoms with van der Waals surface area (Å²) in [6.45, 7) is 5.86. The second-order valence-corrected chi connectivity index (χ2v) is 8.51. The zero-order valence-corrected chi connectivity index (χ0v) is 17.8. The van der Waals surface area contributed by atoms with E-state index in [0.29, 0.717) is 16.8 Å². The summed E-state index contributed by atoms with van der Waals surface area (Å²) in [5.74, 6) is -0.341. The molecule has 31 heavy (non-hydrogen) atoms. The minimum absolute atomic E-state index is 0.150. The Labute approximate surface area is 184 Å². The van der Waals surface area contributed by atoms with E-state index in [9.17, 15) is 9.59 Å². The highest BCUT2D eigenvalue weighted by Crippen LogP contribution is 2.39. The van der Waals surface area contributed by atoms with E-state index < -0.39 is 0 Å². The number of nitrogens with one attached hydrogen (secondary N) is 2. The number of amides is 2. The van der Waals surface area contributed by atoms with Crippen LogP contribution in [0.3, 0.4) is 0 Å². The lowest BCUT2D eigenvalue weighted by atomic mass is 9.92. The normalized spacial score (nSPS) is 14.9. The fourth-order valence-electron chi connectivity index (χ4n) is 4.16. The van der Waals surface area contributed by atoms with Crippen LogP contribution in [-0.2, 0) is 0 Å². The maximum atomic E-state index is 13.2. The maximum absolute atomic E-state index is 13.2. The third kappa shape index (κ3) is 3.23. The number of carbonyl (C=O) groups excluding carboxylic acids is 2. The smallest absolute Gasteiger partial charge is 0.257 e. The van der Waals surface area contributed by atoms with Crippen LogP contribution in [0.15, 0.2) is 72.6 Å². The lowest BCUT2D eigenvalue weighted by Crippen LogP contribution is -2.21. The first-order valence-electron chi connectivity index (χ1n) is 10.0. The summed E-state index contributed by atoms with van der Waals surface area (Å²) in [5, 5.41) is 8.96. The topological polar surface area (TPSA) is 58.2 Å². The molecular weight excluding hydrogens is 404 g/mol. The number of thiophene rings is 1. The van der Waals surface area contributed by atoms with E-state index in [-0.39, 0.29) is 17.9 Å². The molecule has 1 atom stereocenters. The fraction of sp³-hybridized carbons (Fsp3) is 0.0769. The molecule has 0 bridgehead atoms. The number of anilines is 1. The summed E-state index contributed by atoms with van der Waals surface area (Å²) in [7, 11) is 0. The Morgan fingerprint density at radius 3 is 2.71 bits per heavy atom. The largest absolute Gasteiger partial charge is 0.341 e. The predicted octanol–water partition coefficient (Wildman–Crippen LogP) is 5.94. The monoisotopic (exact) mass is 424 g/mol. The van der Waals surface area contributed by atoms with Crippen molar-refractivity contribution in [2.75, 3.05) is 5.32 Å². The number of hydrogen-bond donors (Lipinski definition) is 2. The van der Waals surface area contributed by atoms with Gasteiger partial charge in [0.1, 0.15) is 0 Å². The van der Waals surface area contributed by atoms with Gasteiger partial charge in [-0.05, 0) is 41.8 Å². The van der Waals surface area contributed by atoms with E-state index in [2.05, 4.69) is 17.2 Å². The Balaban J connectivity index is 1.62. The SMILES string of the molecule is C=Cc1cc(NC(=O)c2csc3ccccc23)c2c(c1)C(=O)NC2c1ccccc1C. The highest BCUT2D eigenvalue weighted by molar-refractivity contribution is 7.17. The summed E-state index contributed by atoms with van der Waals surface area (Å²) in [6, 6.07) is 19.2. The van der Waals surface area contributed by atoms with Crippen molar-refractivity contribution in [3.05, 3.63) is 106 Å². The van der Waals surface area contributed by atoms with Crippen molar-refractivity contribution in [3.63, 3.8) is 0 Å². The van der Waals surface area contributed by atoms with Gasteiger partial charge < -0.3 is 10.6 Å². The molecule has 152 valence electrons. The molecule has 0 saturated heterocycles. The third-order valence-electron chi connectivity index (χ3n) is 5.72. The minimum Gasteiger partial charge on any atom is -0.341 e. The first kappa shape index (κ1) is 19.3. The van der Waals surface area contributed by atoms with Crippen LogP contribution in [0.25, 0.3) is 16.2 Å². The number of rotatable bonds is 4. The van der Waals surface area contributed by atoms with Crippen LogP contribution >= 0.6 is 11.3 Å². The van der Waals surface area contributed by atoms with Gasteiger partial charge in [0.25, 0.3) is 11.8 Å². The predicted molar refractivity (Wildman–Crippen MR) is 127 cm³/mol. The van der Waals surface area contributed by atoms with Gasteiger partial charge in [0, 0.05) is 32.3 Å². The molecule has 2 heterocycles. The maximum Gasteiger partial charge on any atom is 0.257 e. The van der Waals surface area contributed by atoms with Crippen LogP contribution in [0.2, 0.25) is 0 Å². The molecule has 3 aromatic carbocycles. The highest BCUT2D eigenvalue weighted by Gasteiger charge is 2.34. The van der Waals surface area contributed by atoms with Crippen LogP contribution in [-0.4, -0.2) is 11.8 Å². The van der Waals surface area contributed by atoms with Crippen LogP contribution in [0, 0.1) is 6.92 Å². The Kier molecular flexibility index (Phi) is 4.68. The molecule has 5 rings (SSSR count). The minimum atomic E-state index is -0.322. The lowest BCUT2D eigenvalue weighted by Gasteiger charge is -2.19. The Morgan fingerprint density at radius 1 is 1.13 bits per heavy atom. The molecule has 2 N–H and O–H groups in total. The summed E-state index contributed by atoms with van der Waals surface area (Å²) >= 11 is 1.54. The molecule has 4 aromatic rings. The number of carbonyl (C=O) groups is 2. The van der Waals surface area contributed by atoms with Crippen molar-refractivity contribution in [2.24, 2.45) is 0 Å². The van der Waals surface area contributed by atoms with Crippen molar-refractivity contribution in [3.8, 4) is 0 Å². The first-order chi connectivity index (χ1) is 15.1. The van der Waals surface area contributed by atoms with Gasteiger partial charge in [-0.2, -0.15) is 0 Å². The zero-order chi connectivity index (χ0) is 21.5. The zero-order valence-electron chi connectivity index (χ0n) is 16.9. The molecule has 0 aliphatic carbocycles. The van der Waals surface area contributed by atoms with E-state index >= 15 is 0 Å². The molecular formula is C26H20N2O2S. The molecule has 1 aliphatic rings. The number of fused-ring (bicyclic) bond motifs is 2. The Hall–Kier alpha value is -3.70. The van der Waals surface area contributed by atoms with Crippen molar-refractivity contribution in [1.29, 1.82) is 0 Å². The lowest BCUT2D eigenvalue weighted by molar-refractivity contribution is 0.0959. The van der Waals surface area contributed by atoms with Gasteiger partial charge in [0.2, 0.25) is 0 Å². The van der Waals surface area contributed by atoms with Gasteiger partial charge in [0.15, 0.2) is 0 Å². The first-order valence-corrected chi connectivity index (χ1v) is 10.9. The molecule has 0 fully saturated rings. The van der Waals surface area contributed by atoms with Gasteiger partial charge in [-0.15, -0.1) is 11.3 Å². The molecule has 1 unspecified atom stereocenters. The van der Waals surface area contributed by atoms with Crippen LogP contribution < -0.4 is 10.6 Å². The molecule has 2 amide bonds. The quantitative estimate of drug-likeness (QED) is 0.426.